The Morgan fingerprint density at radius 3 is 2.48 bits per heavy atom. The topological polar surface area (TPSA) is 98.6 Å². The van der Waals surface area contributed by atoms with Gasteiger partial charge in [-0.3, -0.25) is 14.6 Å². The van der Waals surface area contributed by atoms with E-state index in [0.29, 0.717) is 16.8 Å². The molecule has 1 aliphatic heterocycles. The van der Waals surface area contributed by atoms with E-state index in [4.69, 9.17) is 4.42 Å². The van der Waals surface area contributed by atoms with E-state index in [1.807, 2.05) is 4.90 Å². The molecule has 1 fully saturated rings. The van der Waals surface area contributed by atoms with Gasteiger partial charge in [0.2, 0.25) is 0 Å². The second-order valence-electron chi connectivity index (χ2n) is 6.95. The summed E-state index contributed by atoms with van der Waals surface area (Å²) in [5, 5.41) is 2.77. The van der Waals surface area contributed by atoms with Crippen LogP contribution < -0.4 is 11.1 Å². The van der Waals surface area contributed by atoms with Crippen LogP contribution in [0.3, 0.4) is 0 Å². The molecule has 29 heavy (non-hydrogen) atoms. The number of rotatable bonds is 4. The third kappa shape index (κ3) is 3.93. The number of fused-ring (bicyclic) bond motifs is 1. The molecule has 0 saturated carbocycles. The molecule has 8 nitrogen and oxygen atoms in total. The van der Waals surface area contributed by atoms with Gasteiger partial charge < -0.3 is 19.5 Å². The summed E-state index contributed by atoms with van der Waals surface area (Å²) < 4.78 is 5.07. The molecule has 0 bridgehead atoms. The van der Waals surface area contributed by atoms with E-state index in [1.54, 1.807) is 42.5 Å². The van der Waals surface area contributed by atoms with Gasteiger partial charge in [-0.05, 0) is 42.9 Å². The van der Waals surface area contributed by atoms with Crippen molar-refractivity contribution in [2.75, 3.05) is 38.0 Å². The first-order valence-corrected chi connectivity index (χ1v) is 9.60. The van der Waals surface area contributed by atoms with Crippen molar-refractivity contribution in [3.63, 3.8) is 0 Å². The molecule has 0 aliphatic carbocycles. The lowest BCUT2D eigenvalue weighted by molar-refractivity contribution is 0.0643. The number of aromatic nitrogens is 1. The molecule has 2 aromatic carbocycles. The minimum Gasteiger partial charge on any atom is -0.407 e. The fourth-order valence-corrected chi connectivity index (χ4v) is 3.50. The van der Waals surface area contributed by atoms with Gasteiger partial charge in [0.15, 0.2) is 5.58 Å². The van der Waals surface area contributed by atoms with Crippen LogP contribution in [0, 0.1) is 0 Å². The Hall–Kier alpha value is -3.39. The van der Waals surface area contributed by atoms with Crippen LogP contribution in [0.25, 0.3) is 11.1 Å². The van der Waals surface area contributed by atoms with Gasteiger partial charge in [-0.2, -0.15) is 0 Å². The number of benzene rings is 2. The minimum absolute atomic E-state index is 0.00232. The Balaban J connectivity index is 1.45. The van der Waals surface area contributed by atoms with Gasteiger partial charge in [-0.25, -0.2) is 4.79 Å². The summed E-state index contributed by atoms with van der Waals surface area (Å²) in [5.41, 5.74) is 2.08. The molecule has 2 amide bonds. The number of anilines is 1. The highest BCUT2D eigenvalue weighted by atomic mass is 16.4. The van der Waals surface area contributed by atoms with Gasteiger partial charge >= 0.3 is 5.76 Å². The monoisotopic (exact) mass is 394 g/mol. The first-order chi connectivity index (χ1) is 14.0. The van der Waals surface area contributed by atoms with Crippen LogP contribution in [0.15, 0.2) is 51.7 Å². The summed E-state index contributed by atoms with van der Waals surface area (Å²) in [6.45, 7) is 6.33. The van der Waals surface area contributed by atoms with E-state index in [0.717, 1.165) is 32.7 Å². The number of para-hydroxylation sites is 1. The van der Waals surface area contributed by atoms with E-state index in [1.165, 1.54) is 0 Å². The number of hydrogen-bond acceptors (Lipinski definition) is 5. The maximum absolute atomic E-state index is 12.7. The summed E-state index contributed by atoms with van der Waals surface area (Å²) in [7, 11) is 0. The zero-order valence-corrected chi connectivity index (χ0v) is 16.1. The normalized spacial score (nSPS) is 14.9. The second-order valence-corrected chi connectivity index (χ2v) is 6.95. The molecular weight excluding hydrogens is 372 g/mol. The summed E-state index contributed by atoms with van der Waals surface area (Å²) in [6.07, 6.45) is 0. The summed E-state index contributed by atoms with van der Waals surface area (Å²) in [4.78, 5) is 43.4. The third-order valence-corrected chi connectivity index (χ3v) is 5.19. The molecule has 0 atom stereocenters. The maximum atomic E-state index is 12.7. The van der Waals surface area contributed by atoms with Gasteiger partial charge in [0, 0.05) is 37.4 Å². The lowest BCUT2D eigenvalue weighted by Gasteiger charge is -2.34. The van der Waals surface area contributed by atoms with Crippen LogP contribution in [0.5, 0.6) is 0 Å². The summed E-state index contributed by atoms with van der Waals surface area (Å²) >= 11 is 0. The minimum atomic E-state index is -0.608. The molecule has 2 heterocycles. The molecule has 1 saturated heterocycles. The van der Waals surface area contributed by atoms with Crippen molar-refractivity contribution >= 4 is 28.6 Å². The van der Waals surface area contributed by atoms with Crippen molar-refractivity contribution in [1.29, 1.82) is 0 Å². The first kappa shape index (κ1) is 18.9. The zero-order chi connectivity index (χ0) is 20.4. The summed E-state index contributed by atoms with van der Waals surface area (Å²) in [5.74, 6) is -1.01. The lowest BCUT2D eigenvalue weighted by atomic mass is 10.1. The molecule has 8 heteroatoms. The van der Waals surface area contributed by atoms with Crippen LogP contribution >= 0.6 is 0 Å². The van der Waals surface area contributed by atoms with Crippen molar-refractivity contribution in [1.82, 2.24) is 14.8 Å². The van der Waals surface area contributed by atoms with Gasteiger partial charge in [0.25, 0.3) is 11.8 Å². The predicted octanol–water partition coefficient (Wildman–Crippen LogP) is 2.15. The number of nitrogens with one attached hydrogen (secondary N) is 2. The molecule has 0 spiro atoms. The lowest BCUT2D eigenvalue weighted by Crippen LogP contribution is -2.48. The van der Waals surface area contributed by atoms with Gasteiger partial charge in [-0.15, -0.1) is 0 Å². The fraction of sp³-hybridized carbons (Fsp3) is 0.286. The van der Waals surface area contributed by atoms with E-state index in [2.05, 4.69) is 22.1 Å². The number of hydrogen-bond donors (Lipinski definition) is 2. The molecule has 1 aromatic heterocycles. The smallest absolute Gasteiger partial charge is 0.407 e. The zero-order valence-electron chi connectivity index (χ0n) is 16.1. The largest absolute Gasteiger partial charge is 0.417 e. The van der Waals surface area contributed by atoms with Crippen molar-refractivity contribution in [2.45, 2.75) is 6.92 Å². The SMILES string of the molecule is CCN1CCN(C(=O)c2ccc(NC(=O)c3cccc4[nH]c(=O)oc34)cc2)CC1. The average molecular weight is 394 g/mol. The highest BCUT2D eigenvalue weighted by Gasteiger charge is 2.21. The standard InChI is InChI=1S/C21H22N4O4/c1-2-24-10-12-25(13-11-24)20(27)14-6-8-15(9-7-14)22-19(26)16-4-3-5-17-18(16)29-21(28)23-17/h3-9H,2,10-13H2,1H3,(H,22,26)(H,23,28). The molecule has 0 radical (unpaired) electrons. The molecule has 2 N–H and O–H groups in total. The number of nitrogens with zero attached hydrogens (tertiary/aromatic N) is 2. The Labute approximate surface area is 167 Å². The molecule has 1 aliphatic rings. The molecule has 3 aromatic rings. The molecular formula is C21H22N4O4. The Morgan fingerprint density at radius 1 is 1.07 bits per heavy atom. The summed E-state index contributed by atoms with van der Waals surface area (Å²) in [6, 6.07) is 11.7. The van der Waals surface area contributed by atoms with Crippen molar-refractivity contribution in [3.8, 4) is 0 Å². The second kappa shape index (κ2) is 7.92. The highest BCUT2D eigenvalue weighted by Crippen LogP contribution is 2.18. The Bertz CT molecular complexity index is 1090. The number of aromatic amines is 1. The predicted molar refractivity (Wildman–Crippen MR) is 109 cm³/mol. The van der Waals surface area contributed by atoms with E-state index < -0.39 is 11.7 Å². The quantitative estimate of drug-likeness (QED) is 0.707. The van der Waals surface area contributed by atoms with Crippen LogP contribution in [0.2, 0.25) is 0 Å². The van der Waals surface area contributed by atoms with Crippen molar-refractivity contribution in [2.24, 2.45) is 0 Å². The number of carbonyl (C=O) groups excluding carboxylic acids is 2. The Kier molecular flexibility index (Phi) is 5.18. The van der Waals surface area contributed by atoms with Crippen molar-refractivity contribution in [3.05, 3.63) is 64.1 Å². The number of likely N-dealkylation sites (N-methyl/N-ethyl adjacent to an activating group) is 1. The first-order valence-electron chi connectivity index (χ1n) is 9.60. The number of piperazine rings is 1. The van der Waals surface area contributed by atoms with Crippen LogP contribution in [0.4, 0.5) is 5.69 Å². The maximum Gasteiger partial charge on any atom is 0.417 e. The average Bonchev–Trinajstić information content (AvgIpc) is 3.14. The Morgan fingerprint density at radius 2 is 1.79 bits per heavy atom. The van der Waals surface area contributed by atoms with Gasteiger partial charge in [0.05, 0.1) is 11.1 Å². The van der Waals surface area contributed by atoms with Gasteiger partial charge in [0.1, 0.15) is 0 Å². The highest BCUT2D eigenvalue weighted by molar-refractivity contribution is 6.11. The van der Waals surface area contributed by atoms with Crippen LogP contribution in [-0.2, 0) is 0 Å². The van der Waals surface area contributed by atoms with E-state index >= 15 is 0 Å². The number of carbonyl (C=O) groups is 2. The molecule has 4 rings (SSSR count). The fourth-order valence-electron chi connectivity index (χ4n) is 3.50. The van der Waals surface area contributed by atoms with E-state index in [9.17, 15) is 14.4 Å². The van der Waals surface area contributed by atoms with Crippen molar-refractivity contribution < 1.29 is 14.0 Å². The van der Waals surface area contributed by atoms with Gasteiger partial charge in [-0.1, -0.05) is 13.0 Å². The number of H-pyrrole nitrogens is 1. The number of oxazole rings is 1. The molecule has 150 valence electrons. The van der Waals surface area contributed by atoms with E-state index in [-0.39, 0.29) is 17.1 Å². The van der Waals surface area contributed by atoms with Crippen LogP contribution in [-0.4, -0.2) is 59.3 Å². The third-order valence-electron chi connectivity index (χ3n) is 5.19. The molecule has 0 unspecified atom stereocenters. The van der Waals surface area contributed by atoms with Crippen LogP contribution in [0.1, 0.15) is 27.6 Å². The number of amides is 2.